The second kappa shape index (κ2) is 6.80. The number of nitrogens with zero attached hydrogens (tertiary/aromatic N) is 5. The van der Waals surface area contributed by atoms with E-state index in [0.717, 1.165) is 28.6 Å². The summed E-state index contributed by atoms with van der Waals surface area (Å²) in [5.74, 6) is 0.894. The lowest BCUT2D eigenvalue weighted by Crippen LogP contribution is -2.28. The van der Waals surface area contributed by atoms with E-state index in [9.17, 15) is 4.79 Å². The number of aromatic amines is 1. The van der Waals surface area contributed by atoms with E-state index in [1.165, 1.54) is 0 Å². The highest BCUT2D eigenvalue weighted by atomic mass is 16.4. The van der Waals surface area contributed by atoms with Crippen molar-refractivity contribution in [1.82, 2.24) is 30.0 Å². The van der Waals surface area contributed by atoms with Gasteiger partial charge in [-0.3, -0.25) is 9.78 Å². The summed E-state index contributed by atoms with van der Waals surface area (Å²) < 4.78 is 5.82. The number of benzene rings is 1. The van der Waals surface area contributed by atoms with E-state index < -0.39 is 0 Å². The fourth-order valence-electron chi connectivity index (χ4n) is 3.74. The third-order valence-electron chi connectivity index (χ3n) is 5.38. The van der Waals surface area contributed by atoms with Crippen LogP contribution in [0.15, 0.2) is 41.1 Å². The highest BCUT2D eigenvalue weighted by Gasteiger charge is 2.32. The average Bonchev–Trinajstić information content (AvgIpc) is 3.47. The molecule has 1 aliphatic rings. The van der Waals surface area contributed by atoms with Crippen molar-refractivity contribution in [2.24, 2.45) is 0 Å². The van der Waals surface area contributed by atoms with Gasteiger partial charge in [0, 0.05) is 30.2 Å². The van der Waals surface area contributed by atoms with Gasteiger partial charge in [-0.2, -0.15) is 0 Å². The lowest BCUT2D eigenvalue weighted by molar-refractivity contribution is 0.0785. The number of fused-ring (bicyclic) bond motifs is 1. The number of aromatic nitrogens is 5. The molecule has 1 atom stereocenters. The van der Waals surface area contributed by atoms with Gasteiger partial charge in [-0.15, -0.1) is 10.2 Å². The number of carbonyl (C=O) groups is 1. The Morgan fingerprint density at radius 2 is 2.10 bits per heavy atom. The zero-order chi connectivity index (χ0) is 20.0. The van der Waals surface area contributed by atoms with E-state index in [2.05, 4.69) is 25.1 Å². The van der Waals surface area contributed by atoms with Gasteiger partial charge in [-0.05, 0) is 38.0 Å². The average molecular weight is 388 g/mol. The van der Waals surface area contributed by atoms with Crippen LogP contribution in [0.5, 0.6) is 0 Å². The molecule has 8 heteroatoms. The molecule has 1 aromatic carbocycles. The Bertz CT molecular complexity index is 1190. The van der Waals surface area contributed by atoms with Crippen molar-refractivity contribution in [2.45, 2.75) is 26.2 Å². The Kier molecular flexibility index (Phi) is 4.12. The van der Waals surface area contributed by atoms with Crippen LogP contribution in [-0.2, 0) is 0 Å². The summed E-state index contributed by atoms with van der Waals surface area (Å²) in [4.78, 5) is 26.5. The molecule has 4 aromatic rings. The molecule has 0 bridgehead atoms. The highest BCUT2D eigenvalue weighted by Crippen LogP contribution is 2.29. The number of hydrogen-bond donors (Lipinski definition) is 1. The fourth-order valence-corrected chi connectivity index (χ4v) is 3.74. The predicted octanol–water partition coefficient (Wildman–Crippen LogP) is 3.25. The first kappa shape index (κ1) is 17.5. The van der Waals surface area contributed by atoms with Crippen LogP contribution in [0.4, 0.5) is 0 Å². The van der Waals surface area contributed by atoms with Gasteiger partial charge in [0.2, 0.25) is 5.89 Å². The molecule has 3 aromatic heterocycles. The summed E-state index contributed by atoms with van der Waals surface area (Å²) in [5, 5.41) is 9.35. The lowest BCUT2D eigenvalue weighted by Gasteiger charge is -2.14. The van der Waals surface area contributed by atoms with Crippen molar-refractivity contribution in [2.75, 3.05) is 13.1 Å². The molecule has 1 saturated heterocycles. The van der Waals surface area contributed by atoms with Gasteiger partial charge in [0.05, 0.1) is 17.8 Å². The molecule has 8 nitrogen and oxygen atoms in total. The topological polar surface area (TPSA) is 101 Å². The third-order valence-corrected chi connectivity index (χ3v) is 5.38. The summed E-state index contributed by atoms with van der Waals surface area (Å²) in [6.45, 7) is 5.12. The molecule has 5 rings (SSSR count). The van der Waals surface area contributed by atoms with Crippen LogP contribution in [0.1, 0.15) is 40.0 Å². The zero-order valence-electron chi connectivity index (χ0n) is 16.2. The van der Waals surface area contributed by atoms with Crippen molar-refractivity contribution < 1.29 is 9.21 Å². The summed E-state index contributed by atoms with van der Waals surface area (Å²) >= 11 is 0. The number of amides is 1. The SMILES string of the molecule is Cc1cnc(-c2nnc(C3CCN(C(=O)c4cc5c(C)cccc5[nH]4)C3)o2)cn1. The van der Waals surface area contributed by atoms with Crippen LogP contribution in [0, 0.1) is 13.8 Å². The summed E-state index contributed by atoms with van der Waals surface area (Å²) in [6.07, 6.45) is 4.07. The largest absolute Gasteiger partial charge is 0.419 e. The van der Waals surface area contributed by atoms with Gasteiger partial charge < -0.3 is 14.3 Å². The van der Waals surface area contributed by atoms with Crippen molar-refractivity contribution in [3.8, 4) is 11.6 Å². The molecular formula is C21H20N6O2. The molecule has 29 heavy (non-hydrogen) atoms. The van der Waals surface area contributed by atoms with Crippen molar-refractivity contribution in [3.63, 3.8) is 0 Å². The van der Waals surface area contributed by atoms with Gasteiger partial charge in [0.1, 0.15) is 11.4 Å². The minimum Gasteiger partial charge on any atom is -0.419 e. The smallest absolute Gasteiger partial charge is 0.270 e. The van der Waals surface area contributed by atoms with Crippen LogP contribution in [0.2, 0.25) is 0 Å². The molecule has 4 heterocycles. The minimum absolute atomic E-state index is 0.00719. The van der Waals surface area contributed by atoms with Gasteiger partial charge in [-0.25, -0.2) is 4.98 Å². The van der Waals surface area contributed by atoms with E-state index in [4.69, 9.17) is 4.42 Å². The molecule has 1 unspecified atom stereocenters. The minimum atomic E-state index is -0.00719. The molecule has 146 valence electrons. The first-order valence-electron chi connectivity index (χ1n) is 9.58. The molecule has 0 saturated carbocycles. The van der Waals surface area contributed by atoms with E-state index in [1.807, 2.05) is 43.0 Å². The van der Waals surface area contributed by atoms with Crippen LogP contribution in [-0.4, -0.2) is 49.0 Å². The Labute approximate surface area is 167 Å². The maximum absolute atomic E-state index is 13.0. The van der Waals surface area contributed by atoms with Gasteiger partial charge >= 0.3 is 0 Å². The van der Waals surface area contributed by atoms with E-state index >= 15 is 0 Å². The number of H-pyrrole nitrogens is 1. The Morgan fingerprint density at radius 3 is 2.90 bits per heavy atom. The van der Waals surface area contributed by atoms with E-state index in [0.29, 0.717) is 36.3 Å². The number of nitrogens with one attached hydrogen (secondary N) is 1. The van der Waals surface area contributed by atoms with Crippen molar-refractivity contribution in [3.05, 3.63) is 59.5 Å². The normalized spacial score (nSPS) is 16.6. The Balaban J connectivity index is 1.32. The predicted molar refractivity (Wildman–Crippen MR) is 106 cm³/mol. The van der Waals surface area contributed by atoms with Crippen molar-refractivity contribution >= 4 is 16.8 Å². The summed E-state index contributed by atoms with van der Waals surface area (Å²) in [5.41, 5.74) is 4.11. The number of likely N-dealkylation sites (tertiary alicyclic amines) is 1. The van der Waals surface area contributed by atoms with Crippen LogP contribution < -0.4 is 0 Å². The Morgan fingerprint density at radius 1 is 1.21 bits per heavy atom. The second-order valence-electron chi connectivity index (χ2n) is 7.44. The maximum atomic E-state index is 13.0. The first-order chi connectivity index (χ1) is 14.1. The standard InChI is InChI=1S/C21H20N6O2/c1-12-4-3-5-16-15(12)8-17(24-16)21(28)27-7-6-14(11-27)19-25-26-20(29-19)18-10-22-13(2)9-23-18/h3-5,8-10,14,24H,6-7,11H2,1-2H3. The second-order valence-corrected chi connectivity index (χ2v) is 7.44. The summed E-state index contributed by atoms with van der Waals surface area (Å²) in [7, 11) is 0. The molecule has 0 radical (unpaired) electrons. The number of rotatable bonds is 3. The van der Waals surface area contributed by atoms with E-state index in [-0.39, 0.29) is 11.8 Å². The fraction of sp³-hybridized carbons (Fsp3) is 0.286. The first-order valence-corrected chi connectivity index (χ1v) is 9.58. The van der Waals surface area contributed by atoms with Crippen LogP contribution >= 0.6 is 0 Å². The number of aryl methyl sites for hydroxylation is 2. The van der Waals surface area contributed by atoms with Crippen LogP contribution in [0.3, 0.4) is 0 Å². The zero-order valence-corrected chi connectivity index (χ0v) is 16.2. The van der Waals surface area contributed by atoms with Gasteiger partial charge in [-0.1, -0.05) is 12.1 Å². The van der Waals surface area contributed by atoms with Crippen molar-refractivity contribution in [1.29, 1.82) is 0 Å². The lowest BCUT2D eigenvalue weighted by atomic mass is 10.1. The number of carbonyl (C=O) groups excluding carboxylic acids is 1. The molecule has 1 aliphatic heterocycles. The van der Waals surface area contributed by atoms with Crippen LogP contribution in [0.25, 0.3) is 22.5 Å². The third kappa shape index (κ3) is 3.16. The van der Waals surface area contributed by atoms with Gasteiger partial charge in [0.15, 0.2) is 0 Å². The molecule has 1 fully saturated rings. The molecule has 1 amide bonds. The highest BCUT2D eigenvalue weighted by molar-refractivity contribution is 5.99. The van der Waals surface area contributed by atoms with Gasteiger partial charge in [0.25, 0.3) is 11.8 Å². The molecule has 0 aliphatic carbocycles. The molecular weight excluding hydrogens is 368 g/mol. The molecule has 1 N–H and O–H groups in total. The Hall–Kier alpha value is -3.55. The monoisotopic (exact) mass is 388 g/mol. The number of hydrogen-bond acceptors (Lipinski definition) is 6. The quantitative estimate of drug-likeness (QED) is 0.578. The summed E-state index contributed by atoms with van der Waals surface area (Å²) in [6, 6.07) is 7.95. The molecule has 0 spiro atoms. The van der Waals surface area contributed by atoms with E-state index in [1.54, 1.807) is 12.4 Å². The maximum Gasteiger partial charge on any atom is 0.270 e.